The Bertz CT molecular complexity index is 1420. The van der Waals surface area contributed by atoms with E-state index in [0.29, 0.717) is 36.2 Å². The van der Waals surface area contributed by atoms with E-state index in [9.17, 15) is 29.0 Å². The second-order valence-electron chi connectivity index (χ2n) is 9.86. The molecular formula is C28H30ClFN4O5S. The number of likely N-dealkylation sites (tertiary alicyclic amines) is 1. The summed E-state index contributed by atoms with van der Waals surface area (Å²) in [7, 11) is 0. The lowest BCUT2D eigenvalue weighted by Gasteiger charge is -2.34. The quantitative estimate of drug-likeness (QED) is 0.324. The van der Waals surface area contributed by atoms with Crippen LogP contribution in [0.5, 0.6) is 0 Å². The number of aliphatic carboxylic acids is 2. The molecule has 1 fully saturated rings. The third kappa shape index (κ3) is 6.48. The minimum Gasteiger partial charge on any atom is -0.481 e. The molecule has 0 saturated carbocycles. The number of rotatable bonds is 10. The molecule has 2 aromatic carbocycles. The van der Waals surface area contributed by atoms with E-state index in [1.54, 1.807) is 0 Å². The van der Waals surface area contributed by atoms with Crippen molar-refractivity contribution >= 4 is 45.9 Å². The number of carboxylic acids is 2. The molecule has 1 amide bonds. The fourth-order valence-corrected chi connectivity index (χ4v) is 6.01. The summed E-state index contributed by atoms with van der Waals surface area (Å²) in [5, 5.41) is 28.3. The van der Waals surface area contributed by atoms with Crippen molar-refractivity contribution in [3.63, 3.8) is 0 Å². The number of carboxylic acid groups (broad SMARTS) is 2. The molecule has 2 atom stereocenters. The number of aryl methyl sites for hydroxylation is 1. The molecule has 1 saturated heterocycles. The number of hydrogen-bond donors (Lipinski definition) is 2. The largest absolute Gasteiger partial charge is 0.481 e. The van der Waals surface area contributed by atoms with Crippen molar-refractivity contribution in [3.8, 4) is 10.6 Å². The number of hydrogen-bond acceptors (Lipinski definition) is 7. The molecule has 0 aliphatic carbocycles. The second kappa shape index (κ2) is 12.8. The third-order valence-corrected chi connectivity index (χ3v) is 8.34. The molecule has 212 valence electrons. The molecule has 3 aromatic rings. The van der Waals surface area contributed by atoms with Crippen molar-refractivity contribution < 1.29 is 29.0 Å². The van der Waals surface area contributed by atoms with Crippen LogP contribution in [0.25, 0.3) is 10.6 Å². The molecule has 9 nitrogen and oxygen atoms in total. The van der Waals surface area contributed by atoms with E-state index in [2.05, 4.69) is 10.2 Å². The average molecular weight is 589 g/mol. The number of halogens is 2. The molecule has 12 heteroatoms. The van der Waals surface area contributed by atoms with Gasteiger partial charge in [-0.3, -0.25) is 24.2 Å². The van der Waals surface area contributed by atoms with Gasteiger partial charge in [-0.15, -0.1) is 10.2 Å². The van der Waals surface area contributed by atoms with Crippen molar-refractivity contribution in [2.75, 3.05) is 24.5 Å². The topological polar surface area (TPSA) is 124 Å². The Morgan fingerprint density at radius 1 is 1.15 bits per heavy atom. The summed E-state index contributed by atoms with van der Waals surface area (Å²) in [5.41, 5.74) is 2.58. The standard InChI is InChI=1S/C28H30ClFN4O5S/c1-3-4-11-34(25(35)20-6-5-7-22(29)23(20)30)28-32-31-24(40-28)18-9-8-17(13-16(18)2)14-33-12-10-19(26(36)37)21(15-33)27(38)39/h5-9,13,19,21H,3-4,10-12,14-15H2,1-2H3,(H,36,37)(H,38,39). The number of benzene rings is 2. The predicted octanol–water partition coefficient (Wildman–Crippen LogP) is 5.36. The number of carbonyl (C=O) groups is 3. The first-order valence-electron chi connectivity index (χ1n) is 13.0. The number of carbonyl (C=O) groups excluding carboxylic acids is 1. The first kappa shape index (κ1) is 29.6. The van der Waals surface area contributed by atoms with Crippen molar-refractivity contribution in [2.45, 2.75) is 39.7 Å². The predicted molar refractivity (Wildman–Crippen MR) is 150 cm³/mol. The molecule has 1 aromatic heterocycles. The highest BCUT2D eigenvalue weighted by molar-refractivity contribution is 7.18. The van der Waals surface area contributed by atoms with Gasteiger partial charge in [-0.1, -0.05) is 60.5 Å². The van der Waals surface area contributed by atoms with Crippen LogP contribution in [0.2, 0.25) is 5.02 Å². The minimum atomic E-state index is -1.10. The summed E-state index contributed by atoms with van der Waals surface area (Å²) < 4.78 is 14.6. The third-order valence-electron chi connectivity index (χ3n) is 7.07. The monoisotopic (exact) mass is 588 g/mol. The summed E-state index contributed by atoms with van der Waals surface area (Å²) in [6.07, 6.45) is 1.81. The van der Waals surface area contributed by atoms with E-state index in [-0.39, 0.29) is 23.6 Å². The van der Waals surface area contributed by atoms with E-state index in [0.717, 1.165) is 23.1 Å². The fraction of sp³-hybridized carbons (Fsp3) is 0.393. The summed E-state index contributed by atoms with van der Waals surface area (Å²) in [6, 6.07) is 10.1. The van der Waals surface area contributed by atoms with Gasteiger partial charge in [0.15, 0.2) is 5.82 Å². The first-order valence-corrected chi connectivity index (χ1v) is 14.2. The van der Waals surface area contributed by atoms with Crippen LogP contribution in [0.3, 0.4) is 0 Å². The summed E-state index contributed by atoms with van der Waals surface area (Å²) in [5.74, 6) is -5.31. The van der Waals surface area contributed by atoms with Gasteiger partial charge in [0.1, 0.15) is 5.01 Å². The van der Waals surface area contributed by atoms with Crippen molar-refractivity contribution in [2.24, 2.45) is 11.8 Å². The zero-order chi connectivity index (χ0) is 29.0. The highest BCUT2D eigenvalue weighted by atomic mass is 35.5. The van der Waals surface area contributed by atoms with Gasteiger partial charge in [0.05, 0.1) is 22.4 Å². The molecule has 40 heavy (non-hydrogen) atoms. The zero-order valence-electron chi connectivity index (χ0n) is 22.1. The summed E-state index contributed by atoms with van der Waals surface area (Å²) in [6.45, 7) is 5.43. The number of amides is 1. The van der Waals surface area contributed by atoms with E-state index in [1.165, 1.54) is 34.4 Å². The lowest BCUT2D eigenvalue weighted by molar-refractivity contribution is -0.157. The maximum absolute atomic E-state index is 14.6. The van der Waals surface area contributed by atoms with Crippen LogP contribution in [0, 0.1) is 24.6 Å². The molecule has 1 aliphatic heterocycles. The lowest BCUT2D eigenvalue weighted by Crippen LogP contribution is -2.46. The second-order valence-corrected chi connectivity index (χ2v) is 11.2. The van der Waals surface area contributed by atoms with Gasteiger partial charge in [-0.05, 0) is 49.6 Å². The SMILES string of the molecule is CCCCN(C(=O)c1cccc(Cl)c1F)c1nnc(-c2ccc(CN3CCC(C(=O)O)C(C(=O)O)C3)cc2C)s1. The van der Waals surface area contributed by atoms with Gasteiger partial charge in [-0.2, -0.15) is 0 Å². The van der Waals surface area contributed by atoms with E-state index in [1.807, 2.05) is 36.9 Å². The van der Waals surface area contributed by atoms with Gasteiger partial charge >= 0.3 is 11.9 Å². The summed E-state index contributed by atoms with van der Waals surface area (Å²) in [4.78, 5) is 39.8. The van der Waals surface area contributed by atoms with Gasteiger partial charge in [0, 0.05) is 25.2 Å². The van der Waals surface area contributed by atoms with Gasteiger partial charge in [-0.25, -0.2) is 4.39 Å². The average Bonchev–Trinajstić information content (AvgIpc) is 3.39. The van der Waals surface area contributed by atoms with Crippen LogP contribution in [-0.4, -0.2) is 62.8 Å². The normalized spacial score (nSPS) is 17.5. The van der Waals surface area contributed by atoms with E-state index in [4.69, 9.17) is 11.6 Å². The van der Waals surface area contributed by atoms with Gasteiger partial charge in [0.25, 0.3) is 5.91 Å². The van der Waals surface area contributed by atoms with Crippen molar-refractivity contribution in [1.29, 1.82) is 0 Å². The smallest absolute Gasteiger partial charge is 0.308 e. The lowest BCUT2D eigenvalue weighted by atomic mass is 9.85. The Balaban J connectivity index is 1.52. The van der Waals surface area contributed by atoms with Gasteiger partial charge < -0.3 is 10.2 Å². The number of piperidine rings is 1. The van der Waals surface area contributed by atoms with Crippen LogP contribution < -0.4 is 4.90 Å². The fourth-order valence-electron chi connectivity index (χ4n) is 4.88. The Morgan fingerprint density at radius 3 is 2.58 bits per heavy atom. The van der Waals surface area contributed by atoms with Crippen LogP contribution >= 0.6 is 22.9 Å². The van der Waals surface area contributed by atoms with Crippen molar-refractivity contribution in [1.82, 2.24) is 15.1 Å². The van der Waals surface area contributed by atoms with Crippen LogP contribution in [0.15, 0.2) is 36.4 Å². The number of unbranched alkanes of at least 4 members (excludes halogenated alkanes) is 1. The summed E-state index contributed by atoms with van der Waals surface area (Å²) >= 11 is 7.14. The number of aromatic nitrogens is 2. The van der Waals surface area contributed by atoms with E-state index >= 15 is 0 Å². The maximum Gasteiger partial charge on any atom is 0.308 e. The molecular weight excluding hydrogens is 559 g/mol. The number of nitrogens with zero attached hydrogens (tertiary/aromatic N) is 4. The molecule has 0 radical (unpaired) electrons. The van der Waals surface area contributed by atoms with Crippen molar-refractivity contribution in [3.05, 3.63) is 63.9 Å². The van der Waals surface area contributed by atoms with Crippen LogP contribution in [0.4, 0.5) is 9.52 Å². The molecule has 0 bridgehead atoms. The van der Waals surface area contributed by atoms with Crippen LogP contribution in [0.1, 0.15) is 47.7 Å². The highest BCUT2D eigenvalue weighted by Gasteiger charge is 2.38. The maximum atomic E-state index is 14.6. The van der Waals surface area contributed by atoms with Gasteiger partial charge in [0.2, 0.25) is 5.13 Å². The Labute approximate surface area is 240 Å². The minimum absolute atomic E-state index is 0.125. The molecule has 2 N–H and O–H groups in total. The molecule has 2 heterocycles. The highest BCUT2D eigenvalue weighted by Crippen LogP contribution is 2.33. The molecule has 1 aliphatic rings. The Morgan fingerprint density at radius 2 is 1.90 bits per heavy atom. The molecule has 4 rings (SSSR count). The van der Waals surface area contributed by atoms with E-state index < -0.39 is 35.5 Å². The zero-order valence-corrected chi connectivity index (χ0v) is 23.7. The Hall–Kier alpha value is -3.41. The number of anilines is 1. The van der Waals surface area contributed by atoms with Crippen LogP contribution in [-0.2, 0) is 16.1 Å². The Kier molecular flexibility index (Phi) is 9.49. The molecule has 2 unspecified atom stereocenters. The molecule has 0 spiro atoms. The first-order chi connectivity index (χ1) is 19.1.